The third-order valence-corrected chi connectivity index (χ3v) is 9.60. The Hall–Kier alpha value is -7.39. The van der Waals surface area contributed by atoms with Gasteiger partial charge in [0, 0.05) is 38.5 Å². The van der Waals surface area contributed by atoms with Gasteiger partial charge >= 0.3 is 0 Å². The van der Waals surface area contributed by atoms with Crippen LogP contribution in [0.25, 0.3) is 82.1 Å². The highest BCUT2D eigenvalue weighted by atomic mass is 15.0. The molecule has 5 heteroatoms. The Kier molecular flexibility index (Phi) is 6.56. The van der Waals surface area contributed by atoms with Gasteiger partial charge in [0.05, 0.1) is 51.9 Å². The van der Waals surface area contributed by atoms with Gasteiger partial charge < -0.3 is 9.13 Å². The monoisotopic (exact) mass is 635 g/mol. The molecule has 2 heterocycles. The van der Waals surface area contributed by atoms with Gasteiger partial charge in [0.2, 0.25) is 0 Å². The van der Waals surface area contributed by atoms with Gasteiger partial charge in [0.25, 0.3) is 0 Å². The van der Waals surface area contributed by atoms with Gasteiger partial charge in [-0.3, -0.25) is 0 Å². The van der Waals surface area contributed by atoms with Gasteiger partial charge in [-0.2, -0.15) is 10.5 Å². The lowest BCUT2D eigenvalue weighted by molar-refractivity contribution is 1.18. The molecule has 0 aliphatic heterocycles. The minimum Gasteiger partial charge on any atom is -0.310 e. The summed E-state index contributed by atoms with van der Waals surface area (Å²) in [6, 6.07) is 55.7. The Labute approximate surface area is 288 Å². The maximum atomic E-state index is 9.87. The van der Waals surface area contributed by atoms with E-state index in [0.29, 0.717) is 16.8 Å². The molecule has 9 rings (SSSR count). The highest BCUT2D eigenvalue weighted by Gasteiger charge is 2.18. The first kappa shape index (κ1) is 28.8. The molecule has 0 spiro atoms. The number of fused-ring (bicyclic) bond motifs is 6. The molecule has 0 saturated carbocycles. The third kappa shape index (κ3) is 4.38. The van der Waals surface area contributed by atoms with Crippen molar-refractivity contribution in [3.05, 3.63) is 174 Å². The second-order valence-electron chi connectivity index (χ2n) is 12.3. The van der Waals surface area contributed by atoms with Gasteiger partial charge in [0.15, 0.2) is 5.69 Å². The van der Waals surface area contributed by atoms with Crippen molar-refractivity contribution in [2.45, 2.75) is 0 Å². The smallest absolute Gasteiger partial charge is 0.189 e. The van der Waals surface area contributed by atoms with E-state index in [1.54, 1.807) is 0 Å². The summed E-state index contributed by atoms with van der Waals surface area (Å²) in [5.41, 5.74) is 12.0. The molecule has 7 aromatic carbocycles. The molecule has 0 aliphatic carbocycles. The first-order chi connectivity index (χ1) is 24.7. The van der Waals surface area contributed by atoms with Crippen molar-refractivity contribution in [3.8, 4) is 45.8 Å². The predicted molar refractivity (Wildman–Crippen MR) is 202 cm³/mol. The number of hydrogen-bond donors (Lipinski definition) is 0. The van der Waals surface area contributed by atoms with Crippen LogP contribution in [0.5, 0.6) is 0 Å². The average molecular weight is 636 g/mol. The second-order valence-corrected chi connectivity index (χ2v) is 12.3. The van der Waals surface area contributed by atoms with Crippen LogP contribution in [0.4, 0.5) is 5.69 Å². The number of nitriles is 2. The minimum absolute atomic E-state index is 0.557. The molecule has 0 atom stereocenters. The standard InChI is InChI=1S/C45H25N5/c1-48-34-19-22-36(44(26-34)50-40-13-4-2-11-37(40)39-24-29(27-46)16-23-42(39)50)32-9-6-8-31(25-32)30-17-20-35(21-18-30)49-41-14-5-3-12-38(41)45-33(28-47)10-7-15-43(45)49/h2-26H. The van der Waals surface area contributed by atoms with Crippen LogP contribution in [-0.2, 0) is 0 Å². The Balaban J connectivity index is 1.18. The van der Waals surface area contributed by atoms with Crippen molar-refractivity contribution in [1.29, 1.82) is 10.5 Å². The van der Waals surface area contributed by atoms with E-state index in [2.05, 4.69) is 105 Å². The molecule has 9 aromatic rings. The van der Waals surface area contributed by atoms with E-state index in [9.17, 15) is 10.5 Å². The summed E-state index contributed by atoms with van der Waals surface area (Å²) in [6.45, 7) is 7.81. The first-order valence-corrected chi connectivity index (χ1v) is 16.3. The molecule has 0 saturated heterocycles. The Morgan fingerprint density at radius 1 is 0.500 bits per heavy atom. The number of benzene rings is 7. The molecule has 2 aromatic heterocycles. The average Bonchev–Trinajstić information content (AvgIpc) is 3.70. The van der Waals surface area contributed by atoms with Crippen LogP contribution < -0.4 is 0 Å². The van der Waals surface area contributed by atoms with Crippen LogP contribution in [0.15, 0.2) is 152 Å². The number of hydrogen-bond acceptors (Lipinski definition) is 2. The number of para-hydroxylation sites is 2. The molecule has 230 valence electrons. The summed E-state index contributed by atoms with van der Waals surface area (Å²) in [7, 11) is 0. The maximum Gasteiger partial charge on any atom is 0.189 e. The minimum atomic E-state index is 0.557. The summed E-state index contributed by atoms with van der Waals surface area (Å²) in [4.78, 5) is 3.78. The lowest BCUT2D eigenvalue weighted by Gasteiger charge is -2.16. The van der Waals surface area contributed by atoms with Crippen LogP contribution in [-0.4, -0.2) is 9.13 Å². The quantitative estimate of drug-likeness (QED) is 0.181. The molecule has 0 amide bonds. The van der Waals surface area contributed by atoms with E-state index in [1.165, 1.54) is 0 Å². The van der Waals surface area contributed by atoms with E-state index in [1.807, 2.05) is 72.8 Å². The van der Waals surface area contributed by atoms with Gasteiger partial charge in [-0.15, -0.1) is 0 Å². The lowest BCUT2D eigenvalue weighted by Crippen LogP contribution is -1.97. The Morgan fingerprint density at radius 2 is 1.20 bits per heavy atom. The van der Waals surface area contributed by atoms with Gasteiger partial charge in [-0.1, -0.05) is 84.9 Å². The van der Waals surface area contributed by atoms with Crippen molar-refractivity contribution in [1.82, 2.24) is 9.13 Å². The van der Waals surface area contributed by atoms with Crippen LogP contribution in [0, 0.1) is 29.2 Å². The van der Waals surface area contributed by atoms with Crippen LogP contribution in [0.2, 0.25) is 0 Å². The molecule has 0 bridgehead atoms. The fourth-order valence-electron chi connectivity index (χ4n) is 7.38. The van der Waals surface area contributed by atoms with Crippen LogP contribution in [0.3, 0.4) is 0 Å². The number of rotatable bonds is 4. The van der Waals surface area contributed by atoms with E-state index < -0.39 is 0 Å². The van der Waals surface area contributed by atoms with Crippen molar-refractivity contribution in [2.24, 2.45) is 0 Å². The zero-order chi connectivity index (χ0) is 33.8. The molecule has 0 unspecified atom stereocenters. The molecule has 0 radical (unpaired) electrons. The zero-order valence-corrected chi connectivity index (χ0v) is 26.7. The lowest BCUT2D eigenvalue weighted by atomic mass is 9.97. The SMILES string of the molecule is [C-]#[N+]c1ccc(-c2cccc(-c3ccc(-n4c5ccccc5c5c(C#N)cccc54)cc3)c2)c(-n2c3ccccc3c3cc(C#N)ccc32)c1. The van der Waals surface area contributed by atoms with Crippen molar-refractivity contribution in [3.63, 3.8) is 0 Å². The molecular weight excluding hydrogens is 611 g/mol. The normalized spacial score (nSPS) is 11.1. The van der Waals surface area contributed by atoms with E-state index in [0.717, 1.165) is 77.2 Å². The molecule has 50 heavy (non-hydrogen) atoms. The van der Waals surface area contributed by atoms with Crippen molar-refractivity contribution in [2.75, 3.05) is 0 Å². The maximum absolute atomic E-state index is 9.87. The number of nitrogens with zero attached hydrogens (tertiary/aromatic N) is 5. The van der Waals surface area contributed by atoms with E-state index in [4.69, 9.17) is 6.57 Å². The largest absolute Gasteiger partial charge is 0.310 e. The first-order valence-electron chi connectivity index (χ1n) is 16.3. The van der Waals surface area contributed by atoms with Gasteiger partial charge in [-0.25, -0.2) is 4.85 Å². The van der Waals surface area contributed by atoms with Crippen LogP contribution >= 0.6 is 0 Å². The number of aromatic nitrogens is 2. The van der Waals surface area contributed by atoms with Gasteiger partial charge in [-0.05, 0) is 83.4 Å². The highest BCUT2D eigenvalue weighted by Crippen LogP contribution is 2.40. The second kappa shape index (κ2) is 11.4. The molecule has 0 aliphatic rings. The summed E-state index contributed by atoms with van der Waals surface area (Å²) in [5.74, 6) is 0. The molecule has 0 N–H and O–H groups in total. The van der Waals surface area contributed by atoms with Crippen molar-refractivity contribution >= 4 is 49.3 Å². The summed E-state index contributed by atoms with van der Waals surface area (Å²) < 4.78 is 4.43. The van der Waals surface area contributed by atoms with E-state index in [-0.39, 0.29) is 0 Å². The fourth-order valence-corrected chi connectivity index (χ4v) is 7.38. The summed E-state index contributed by atoms with van der Waals surface area (Å²) in [5, 5.41) is 23.6. The highest BCUT2D eigenvalue weighted by molar-refractivity contribution is 6.12. The van der Waals surface area contributed by atoms with Crippen LogP contribution in [0.1, 0.15) is 11.1 Å². The predicted octanol–water partition coefficient (Wildman–Crippen LogP) is 11.5. The topological polar surface area (TPSA) is 61.8 Å². The zero-order valence-electron chi connectivity index (χ0n) is 26.7. The molecular formula is C45H25N5. The summed E-state index contributed by atoms with van der Waals surface area (Å²) in [6.07, 6.45) is 0. The fraction of sp³-hybridized carbons (Fsp3) is 0. The molecule has 5 nitrogen and oxygen atoms in total. The Bertz CT molecular complexity index is 2960. The summed E-state index contributed by atoms with van der Waals surface area (Å²) >= 11 is 0. The third-order valence-electron chi connectivity index (χ3n) is 9.60. The Morgan fingerprint density at radius 3 is 1.98 bits per heavy atom. The van der Waals surface area contributed by atoms with E-state index >= 15 is 0 Å². The molecule has 0 fully saturated rings. The van der Waals surface area contributed by atoms with Gasteiger partial charge in [0.1, 0.15) is 0 Å². The van der Waals surface area contributed by atoms with Crippen molar-refractivity contribution < 1.29 is 0 Å².